The summed E-state index contributed by atoms with van der Waals surface area (Å²) in [5.41, 5.74) is 7.25. The molecule has 1 fully saturated rings. The van der Waals surface area contributed by atoms with Crippen LogP contribution in [0.25, 0.3) is 0 Å². The van der Waals surface area contributed by atoms with Gasteiger partial charge in [0, 0.05) is 25.8 Å². The van der Waals surface area contributed by atoms with E-state index in [1.54, 1.807) is 0 Å². The Labute approximate surface area is 110 Å². The van der Waals surface area contributed by atoms with Gasteiger partial charge < -0.3 is 10.6 Å². The first-order valence-electron chi connectivity index (χ1n) is 7.10. The Kier molecular flexibility index (Phi) is 4.59. The van der Waals surface area contributed by atoms with Crippen molar-refractivity contribution in [3.05, 3.63) is 23.9 Å². The fourth-order valence-electron chi connectivity index (χ4n) is 2.70. The Hall–Kier alpha value is -1.09. The summed E-state index contributed by atoms with van der Waals surface area (Å²) in [4.78, 5) is 6.81. The smallest absolute Gasteiger partial charge is 0.128 e. The Balaban J connectivity index is 1.88. The Morgan fingerprint density at radius 2 is 2.00 bits per heavy atom. The molecule has 0 saturated heterocycles. The summed E-state index contributed by atoms with van der Waals surface area (Å²) in [5, 5.41) is 0. The molecule has 1 aliphatic rings. The van der Waals surface area contributed by atoms with Crippen molar-refractivity contribution in [3.8, 4) is 0 Å². The van der Waals surface area contributed by atoms with E-state index in [4.69, 9.17) is 5.73 Å². The van der Waals surface area contributed by atoms with Crippen LogP contribution in [0.5, 0.6) is 0 Å². The van der Waals surface area contributed by atoms with E-state index in [-0.39, 0.29) is 0 Å². The van der Waals surface area contributed by atoms with Gasteiger partial charge in [0.15, 0.2) is 0 Å². The van der Waals surface area contributed by atoms with Gasteiger partial charge in [-0.2, -0.15) is 0 Å². The molecule has 2 N–H and O–H groups in total. The van der Waals surface area contributed by atoms with Crippen LogP contribution in [0.4, 0.5) is 5.82 Å². The molecule has 2 rings (SSSR count). The molecule has 1 saturated carbocycles. The number of nitrogens with two attached hydrogens (primary N) is 1. The maximum Gasteiger partial charge on any atom is 0.128 e. The van der Waals surface area contributed by atoms with E-state index in [9.17, 15) is 0 Å². The lowest BCUT2D eigenvalue weighted by Gasteiger charge is -2.30. The van der Waals surface area contributed by atoms with Crippen molar-refractivity contribution in [2.24, 2.45) is 11.7 Å². The number of hydrogen-bond donors (Lipinski definition) is 1. The third kappa shape index (κ3) is 3.45. The maximum atomic E-state index is 5.94. The summed E-state index contributed by atoms with van der Waals surface area (Å²) < 4.78 is 0. The minimum atomic E-state index is 0.438. The SMILES string of the molecule is CCc1ccc(N(C)CC2CCC(N)CC2)nc1. The van der Waals surface area contributed by atoms with Gasteiger partial charge in [-0.3, -0.25) is 0 Å². The van der Waals surface area contributed by atoms with Gasteiger partial charge in [-0.05, 0) is 49.7 Å². The number of rotatable bonds is 4. The van der Waals surface area contributed by atoms with Crippen LogP contribution in [-0.4, -0.2) is 24.6 Å². The zero-order valence-corrected chi connectivity index (χ0v) is 11.6. The average molecular weight is 247 g/mol. The van der Waals surface area contributed by atoms with E-state index in [0.29, 0.717) is 6.04 Å². The Morgan fingerprint density at radius 3 is 2.56 bits per heavy atom. The number of aromatic nitrogens is 1. The quantitative estimate of drug-likeness (QED) is 0.889. The van der Waals surface area contributed by atoms with Crippen molar-refractivity contribution < 1.29 is 0 Å². The molecule has 0 bridgehead atoms. The van der Waals surface area contributed by atoms with E-state index in [1.807, 2.05) is 6.20 Å². The fraction of sp³-hybridized carbons (Fsp3) is 0.667. The topological polar surface area (TPSA) is 42.1 Å². The second-order valence-corrected chi connectivity index (χ2v) is 5.54. The third-order valence-corrected chi connectivity index (χ3v) is 4.03. The first-order chi connectivity index (χ1) is 8.69. The zero-order valence-electron chi connectivity index (χ0n) is 11.6. The molecule has 0 spiro atoms. The zero-order chi connectivity index (χ0) is 13.0. The van der Waals surface area contributed by atoms with Crippen molar-refractivity contribution in [1.29, 1.82) is 0 Å². The van der Waals surface area contributed by atoms with Crippen molar-refractivity contribution in [2.45, 2.75) is 45.1 Å². The van der Waals surface area contributed by atoms with Gasteiger partial charge in [0.1, 0.15) is 5.82 Å². The molecule has 3 heteroatoms. The minimum absolute atomic E-state index is 0.438. The molecular formula is C15H25N3. The molecule has 0 amide bonds. The summed E-state index contributed by atoms with van der Waals surface area (Å²) >= 11 is 0. The van der Waals surface area contributed by atoms with Gasteiger partial charge in [-0.25, -0.2) is 4.98 Å². The minimum Gasteiger partial charge on any atom is -0.359 e. The Morgan fingerprint density at radius 1 is 1.28 bits per heavy atom. The third-order valence-electron chi connectivity index (χ3n) is 4.03. The number of nitrogens with zero attached hydrogens (tertiary/aromatic N) is 2. The van der Waals surface area contributed by atoms with E-state index < -0.39 is 0 Å². The molecule has 18 heavy (non-hydrogen) atoms. The number of hydrogen-bond acceptors (Lipinski definition) is 3. The normalized spacial score (nSPS) is 23.9. The molecule has 1 heterocycles. The predicted molar refractivity (Wildman–Crippen MR) is 76.8 cm³/mol. The molecule has 1 aliphatic carbocycles. The molecule has 3 nitrogen and oxygen atoms in total. The van der Waals surface area contributed by atoms with Crippen LogP contribution in [-0.2, 0) is 6.42 Å². The molecular weight excluding hydrogens is 222 g/mol. The van der Waals surface area contributed by atoms with Crippen molar-refractivity contribution in [1.82, 2.24) is 4.98 Å². The summed E-state index contributed by atoms with van der Waals surface area (Å²) in [6, 6.07) is 4.75. The lowest BCUT2D eigenvalue weighted by molar-refractivity contribution is 0.329. The van der Waals surface area contributed by atoms with Gasteiger partial charge in [0.25, 0.3) is 0 Å². The summed E-state index contributed by atoms with van der Waals surface area (Å²) in [7, 11) is 2.14. The highest BCUT2D eigenvalue weighted by molar-refractivity contribution is 5.38. The van der Waals surface area contributed by atoms with Crippen LogP contribution in [0.2, 0.25) is 0 Å². The molecule has 0 unspecified atom stereocenters. The van der Waals surface area contributed by atoms with Gasteiger partial charge in [-0.15, -0.1) is 0 Å². The standard InChI is InChI=1S/C15H25N3/c1-3-12-6-9-15(17-10-12)18(2)11-13-4-7-14(16)8-5-13/h6,9-10,13-14H,3-5,7-8,11,16H2,1-2H3. The van der Waals surface area contributed by atoms with Crippen LogP contribution in [0.1, 0.15) is 38.2 Å². The Bertz CT molecular complexity index is 353. The van der Waals surface area contributed by atoms with Crippen molar-refractivity contribution >= 4 is 5.82 Å². The summed E-state index contributed by atoms with van der Waals surface area (Å²) in [6.07, 6.45) is 7.93. The second-order valence-electron chi connectivity index (χ2n) is 5.54. The predicted octanol–water partition coefficient (Wildman–Crippen LogP) is 2.60. The molecule has 1 aromatic heterocycles. The summed E-state index contributed by atoms with van der Waals surface area (Å²) in [6.45, 7) is 3.26. The van der Waals surface area contributed by atoms with Crippen LogP contribution < -0.4 is 10.6 Å². The largest absolute Gasteiger partial charge is 0.359 e. The average Bonchev–Trinajstić information content (AvgIpc) is 2.41. The second kappa shape index (κ2) is 6.19. The van der Waals surface area contributed by atoms with Gasteiger partial charge in [0.2, 0.25) is 0 Å². The van der Waals surface area contributed by atoms with Crippen LogP contribution >= 0.6 is 0 Å². The van der Waals surface area contributed by atoms with Gasteiger partial charge >= 0.3 is 0 Å². The maximum absolute atomic E-state index is 5.94. The number of aryl methyl sites for hydroxylation is 1. The van der Waals surface area contributed by atoms with Crippen molar-refractivity contribution in [2.75, 3.05) is 18.5 Å². The van der Waals surface area contributed by atoms with Crippen LogP contribution in [0.3, 0.4) is 0 Å². The molecule has 0 atom stereocenters. The fourth-order valence-corrected chi connectivity index (χ4v) is 2.70. The van der Waals surface area contributed by atoms with Crippen LogP contribution in [0, 0.1) is 5.92 Å². The highest BCUT2D eigenvalue weighted by Crippen LogP contribution is 2.24. The van der Waals surface area contributed by atoms with E-state index >= 15 is 0 Å². The highest BCUT2D eigenvalue weighted by atomic mass is 15.2. The van der Waals surface area contributed by atoms with Crippen LogP contribution in [0.15, 0.2) is 18.3 Å². The number of pyridine rings is 1. The number of anilines is 1. The molecule has 0 aromatic carbocycles. The van der Waals surface area contributed by atoms with E-state index in [0.717, 1.165) is 24.7 Å². The molecule has 0 aliphatic heterocycles. The van der Waals surface area contributed by atoms with E-state index in [2.05, 4.69) is 36.0 Å². The lowest BCUT2D eigenvalue weighted by atomic mass is 9.86. The first-order valence-corrected chi connectivity index (χ1v) is 7.10. The molecule has 100 valence electrons. The molecule has 0 radical (unpaired) electrons. The molecule has 1 aromatic rings. The van der Waals surface area contributed by atoms with E-state index in [1.165, 1.54) is 31.2 Å². The first kappa shape index (κ1) is 13.3. The summed E-state index contributed by atoms with van der Waals surface area (Å²) in [5.74, 6) is 1.87. The monoisotopic (exact) mass is 247 g/mol. The van der Waals surface area contributed by atoms with Gasteiger partial charge in [-0.1, -0.05) is 13.0 Å². The lowest BCUT2D eigenvalue weighted by Crippen LogP contribution is -2.32. The highest BCUT2D eigenvalue weighted by Gasteiger charge is 2.20. The van der Waals surface area contributed by atoms with Crippen molar-refractivity contribution in [3.63, 3.8) is 0 Å². The van der Waals surface area contributed by atoms with Gasteiger partial charge in [0.05, 0.1) is 0 Å².